The van der Waals surface area contributed by atoms with Gasteiger partial charge in [0.15, 0.2) is 0 Å². The van der Waals surface area contributed by atoms with Crippen LogP contribution in [0.4, 0.5) is 0 Å². The van der Waals surface area contributed by atoms with Crippen LogP contribution in [0.2, 0.25) is 0 Å². The summed E-state index contributed by atoms with van der Waals surface area (Å²) in [5, 5.41) is 8.04. The zero-order valence-electron chi connectivity index (χ0n) is 10.3. The fraction of sp³-hybridized carbons (Fsp3) is 0.750. The standard InChI is InChI=1S/C12H20BrN3/c1-4-14-10(9-5-6-9)7-11-12(13)8(2)15-16(11)3/h9-10,14H,4-7H2,1-3H3. The van der Waals surface area contributed by atoms with E-state index < -0.39 is 0 Å². The number of rotatable bonds is 5. The van der Waals surface area contributed by atoms with Crippen molar-refractivity contribution in [3.8, 4) is 0 Å². The van der Waals surface area contributed by atoms with Gasteiger partial charge in [-0.3, -0.25) is 4.68 Å². The molecule has 0 radical (unpaired) electrons. The van der Waals surface area contributed by atoms with Gasteiger partial charge in [0, 0.05) is 19.5 Å². The summed E-state index contributed by atoms with van der Waals surface area (Å²) in [6, 6.07) is 0.621. The van der Waals surface area contributed by atoms with Crippen LogP contribution in [-0.4, -0.2) is 22.4 Å². The van der Waals surface area contributed by atoms with Crippen LogP contribution in [0.5, 0.6) is 0 Å². The molecule has 1 aromatic heterocycles. The van der Waals surface area contributed by atoms with E-state index in [0.717, 1.165) is 24.6 Å². The second-order valence-electron chi connectivity index (χ2n) is 4.68. The summed E-state index contributed by atoms with van der Waals surface area (Å²) in [5.74, 6) is 0.877. The van der Waals surface area contributed by atoms with Crippen molar-refractivity contribution in [1.82, 2.24) is 15.1 Å². The third-order valence-corrected chi connectivity index (χ3v) is 4.36. The normalized spacial score (nSPS) is 17.8. The van der Waals surface area contributed by atoms with Gasteiger partial charge in [-0.25, -0.2) is 0 Å². The summed E-state index contributed by atoms with van der Waals surface area (Å²) in [7, 11) is 2.03. The van der Waals surface area contributed by atoms with E-state index in [1.807, 2.05) is 18.7 Å². The highest BCUT2D eigenvalue weighted by molar-refractivity contribution is 9.10. The van der Waals surface area contributed by atoms with Crippen molar-refractivity contribution in [1.29, 1.82) is 0 Å². The zero-order valence-corrected chi connectivity index (χ0v) is 11.8. The molecular weight excluding hydrogens is 266 g/mol. The number of hydrogen-bond acceptors (Lipinski definition) is 2. The lowest BCUT2D eigenvalue weighted by Crippen LogP contribution is -2.33. The highest BCUT2D eigenvalue weighted by Crippen LogP contribution is 2.35. The maximum atomic E-state index is 4.45. The predicted octanol–water partition coefficient (Wildman–Crippen LogP) is 2.42. The summed E-state index contributed by atoms with van der Waals surface area (Å²) in [6.45, 7) is 5.28. The summed E-state index contributed by atoms with van der Waals surface area (Å²) < 4.78 is 3.19. The fourth-order valence-electron chi connectivity index (χ4n) is 2.28. The van der Waals surface area contributed by atoms with Crippen molar-refractivity contribution in [2.75, 3.05) is 6.54 Å². The third-order valence-electron chi connectivity index (χ3n) is 3.33. The second-order valence-corrected chi connectivity index (χ2v) is 5.47. The minimum atomic E-state index is 0.621. The topological polar surface area (TPSA) is 29.9 Å². The molecule has 2 rings (SSSR count). The van der Waals surface area contributed by atoms with Crippen LogP contribution < -0.4 is 5.32 Å². The van der Waals surface area contributed by atoms with Gasteiger partial charge in [-0.2, -0.15) is 5.10 Å². The Balaban J connectivity index is 2.11. The van der Waals surface area contributed by atoms with Gasteiger partial charge in [0.2, 0.25) is 0 Å². The predicted molar refractivity (Wildman–Crippen MR) is 69.5 cm³/mol. The molecule has 1 heterocycles. The Morgan fingerprint density at radius 2 is 2.25 bits per heavy atom. The Morgan fingerprint density at radius 3 is 2.69 bits per heavy atom. The highest BCUT2D eigenvalue weighted by Gasteiger charge is 2.31. The molecule has 1 aliphatic carbocycles. The number of hydrogen-bond donors (Lipinski definition) is 1. The van der Waals surface area contributed by atoms with Gasteiger partial charge in [-0.1, -0.05) is 6.92 Å². The van der Waals surface area contributed by atoms with Gasteiger partial charge in [0.05, 0.1) is 15.9 Å². The molecule has 1 aliphatic rings. The minimum Gasteiger partial charge on any atom is -0.314 e. The van der Waals surface area contributed by atoms with E-state index in [0.29, 0.717) is 6.04 Å². The molecule has 1 atom stereocenters. The number of nitrogens with one attached hydrogen (secondary N) is 1. The first kappa shape index (κ1) is 12.1. The van der Waals surface area contributed by atoms with Crippen LogP contribution >= 0.6 is 15.9 Å². The lowest BCUT2D eigenvalue weighted by molar-refractivity contribution is 0.459. The SMILES string of the molecule is CCNC(Cc1c(Br)c(C)nn1C)C1CC1. The maximum Gasteiger partial charge on any atom is 0.0738 e. The van der Waals surface area contributed by atoms with Crippen molar-refractivity contribution < 1.29 is 0 Å². The molecule has 1 fully saturated rings. The molecule has 0 amide bonds. The van der Waals surface area contributed by atoms with E-state index >= 15 is 0 Å². The Bertz CT molecular complexity index is 369. The molecule has 0 bridgehead atoms. The highest BCUT2D eigenvalue weighted by atomic mass is 79.9. The molecule has 3 nitrogen and oxygen atoms in total. The van der Waals surface area contributed by atoms with Gasteiger partial charge in [0.25, 0.3) is 0 Å². The first-order valence-corrected chi connectivity index (χ1v) is 6.84. The fourth-order valence-corrected chi connectivity index (χ4v) is 2.77. The van der Waals surface area contributed by atoms with Gasteiger partial charge >= 0.3 is 0 Å². The monoisotopic (exact) mass is 285 g/mol. The molecule has 90 valence electrons. The molecule has 0 aromatic carbocycles. The lowest BCUT2D eigenvalue weighted by atomic mass is 10.1. The van der Waals surface area contributed by atoms with Crippen LogP contribution in [0, 0.1) is 12.8 Å². The van der Waals surface area contributed by atoms with Crippen LogP contribution in [0.15, 0.2) is 4.47 Å². The second kappa shape index (κ2) is 4.88. The quantitative estimate of drug-likeness (QED) is 0.901. The average molecular weight is 286 g/mol. The van der Waals surface area contributed by atoms with Gasteiger partial charge in [0.1, 0.15) is 0 Å². The van der Waals surface area contributed by atoms with Crippen LogP contribution in [0.3, 0.4) is 0 Å². The van der Waals surface area contributed by atoms with Gasteiger partial charge < -0.3 is 5.32 Å². The molecular formula is C12H20BrN3. The molecule has 1 unspecified atom stereocenters. The van der Waals surface area contributed by atoms with E-state index in [9.17, 15) is 0 Å². The van der Waals surface area contributed by atoms with Crippen molar-refractivity contribution in [3.05, 3.63) is 15.9 Å². The van der Waals surface area contributed by atoms with Gasteiger partial charge in [-0.15, -0.1) is 0 Å². The molecule has 0 aliphatic heterocycles. The largest absolute Gasteiger partial charge is 0.314 e. The Labute approximate surface area is 106 Å². The lowest BCUT2D eigenvalue weighted by Gasteiger charge is -2.17. The van der Waals surface area contributed by atoms with Crippen molar-refractivity contribution in [3.63, 3.8) is 0 Å². The van der Waals surface area contributed by atoms with Crippen LogP contribution in [0.25, 0.3) is 0 Å². The summed E-state index contributed by atoms with van der Waals surface area (Å²) in [5.41, 5.74) is 2.40. The molecule has 0 saturated heterocycles. The van der Waals surface area contributed by atoms with E-state index in [-0.39, 0.29) is 0 Å². The summed E-state index contributed by atoms with van der Waals surface area (Å²) in [6.07, 6.45) is 3.84. The molecule has 0 spiro atoms. The number of nitrogens with zero attached hydrogens (tertiary/aromatic N) is 2. The molecule has 1 aromatic rings. The first-order valence-electron chi connectivity index (χ1n) is 6.04. The maximum absolute atomic E-state index is 4.45. The zero-order chi connectivity index (χ0) is 11.7. The Morgan fingerprint density at radius 1 is 1.56 bits per heavy atom. The number of halogens is 1. The Hall–Kier alpha value is -0.350. The van der Waals surface area contributed by atoms with Crippen molar-refractivity contribution in [2.45, 2.75) is 39.2 Å². The summed E-state index contributed by atoms with van der Waals surface area (Å²) in [4.78, 5) is 0. The van der Waals surface area contributed by atoms with Gasteiger partial charge in [-0.05, 0) is 48.2 Å². The molecule has 1 saturated carbocycles. The number of aryl methyl sites for hydroxylation is 2. The van der Waals surface area contributed by atoms with Crippen LogP contribution in [-0.2, 0) is 13.5 Å². The molecule has 4 heteroatoms. The number of aromatic nitrogens is 2. The van der Waals surface area contributed by atoms with E-state index in [1.54, 1.807) is 0 Å². The summed E-state index contributed by atoms with van der Waals surface area (Å²) >= 11 is 3.64. The molecule has 16 heavy (non-hydrogen) atoms. The van der Waals surface area contributed by atoms with Crippen molar-refractivity contribution in [2.24, 2.45) is 13.0 Å². The van der Waals surface area contributed by atoms with E-state index in [4.69, 9.17) is 0 Å². The Kier molecular flexibility index (Phi) is 3.70. The van der Waals surface area contributed by atoms with Crippen LogP contribution in [0.1, 0.15) is 31.2 Å². The smallest absolute Gasteiger partial charge is 0.0738 e. The molecule has 1 N–H and O–H groups in total. The number of likely N-dealkylation sites (N-methyl/N-ethyl adjacent to an activating group) is 1. The average Bonchev–Trinajstić information content (AvgIpc) is 3.03. The minimum absolute atomic E-state index is 0.621. The third kappa shape index (κ3) is 2.48. The van der Waals surface area contributed by atoms with E-state index in [1.165, 1.54) is 23.0 Å². The first-order chi connectivity index (χ1) is 7.63. The van der Waals surface area contributed by atoms with E-state index in [2.05, 4.69) is 33.3 Å². The van der Waals surface area contributed by atoms with Crippen molar-refractivity contribution >= 4 is 15.9 Å².